The van der Waals surface area contributed by atoms with Crippen LogP contribution in [0.1, 0.15) is 12.5 Å². The zero-order valence-electron chi connectivity index (χ0n) is 12.8. The van der Waals surface area contributed by atoms with E-state index in [1.165, 1.54) is 0 Å². The maximum atomic E-state index is 12.2. The highest BCUT2D eigenvalue weighted by Crippen LogP contribution is 2.26. The molecule has 0 saturated carbocycles. The molecule has 0 fully saturated rings. The summed E-state index contributed by atoms with van der Waals surface area (Å²) in [6.07, 6.45) is 0. The standard InChI is InChI=1S/C17H19ClN2O2/c1-11-4-9-16(22-3)15(10-11)19-12(2)17(21)20-14-7-5-13(18)6-8-14/h4-10,12,19H,1-3H3,(H,20,21)/t12-/m1/s1. The fraction of sp³-hybridized carbons (Fsp3) is 0.235. The maximum Gasteiger partial charge on any atom is 0.246 e. The molecule has 1 atom stereocenters. The topological polar surface area (TPSA) is 50.4 Å². The summed E-state index contributed by atoms with van der Waals surface area (Å²) in [4.78, 5) is 12.2. The summed E-state index contributed by atoms with van der Waals surface area (Å²) in [6, 6.07) is 12.4. The molecule has 2 aromatic rings. The van der Waals surface area contributed by atoms with Gasteiger partial charge >= 0.3 is 0 Å². The van der Waals surface area contributed by atoms with Crippen molar-refractivity contribution in [3.63, 3.8) is 0 Å². The van der Waals surface area contributed by atoms with Crippen molar-refractivity contribution in [3.05, 3.63) is 53.1 Å². The predicted molar refractivity (Wildman–Crippen MR) is 90.9 cm³/mol. The average molecular weight is 319 g/mol. The van der Waals surface area contributed by atoms with Gasteiger partial charge in [0, 0.05) is 10.7 Å². The first-order valence-corrected chi connectivity index (χ1v) is 7.35. The van der Waals surface area contributed by atoms with Crippen LogP contribution in [-0.4, -0.2) is 19.1 Å². The van der Waals surface area contributed by atoms with E-state index >= 15 is 0 Å². The van der Waals surface area contributed by atoms with Crippen molar-refractivity contribution in [1.82, 2.24) is 0 Å². The van der Waals surface area contributed by atoms with E-state index in [1.54, 1.807) is 38.3 Å². The van der Waals surface area contributed by atoms with E-state index in [0.29, 0.717) is 16.5 Å². The summed E-state index contributed by atoms with van der Waals surface area (Å²) < 4.78 is 5.30. The van der Waals surface area contributed by atoms with Gasteiger partial charge in [-0.15, -0.1) is 0 Å². The van der Waals surface area contributed by atoms with Gasteiger partial charge in [-0.3, -0.25) is 4.79 Å². The van der Waals surface area contributed by atoms with Crippen molar-refractivity contribution in [2.24, 2.45) is 0 Å². The molecule has 0 aliphatic rings. The second-order valence-corrected chi connectivity index (χ2v) is 5.50. The van der Waals surface area contributed by atoms with Crippen LogP contribution in [0.15, 0.2) is 42.5 Å². The number of hydrogen-bond acceptors (Lipinski definition) is 3. The summed E-state index contributed by atoms with van der Waals surface area (Å²) in [5, 5.41) is 6.64. The van der Waals surface area contributed by atoms with Gasteiger partial charge in [-0.25, -0.2) is 0 Å². The van der Waals surface area contributed by atoms with Crippen molar-refractivity contribution >= 4 is 28.9 Å². The van der Waals surface area contributed by atoms with E-state index in [9.17, 15) is 4.79 Å². The lowest BCUT2D eigenvalue weighted by Crippen LogP contribution is -2.32. The first-order valence-electron chi connectivity index (χ1n) is 6.97. The zero-order valence-corrected chi connectivity index (χ0v) is 13.6. The van der Waals surface area contributed by atoms with Gasteiger partial charge in [0.2, 0.25) is 5.91 Å². The lowest BCUT2D eigenvalue weighted by Gasteiger charge is -2.18. The Bertz CT molecular complexity index is 656. The highest BCUT2D eigenvalue weighted by molar-refractivity contribution is 6.30. The first-order chi connectivity index (χ1) is 10.5. The number of hydrogen-bond donors (Lipinski definition) is 2. The molecule has 0 aliphatic carbocycles. The van der Waals surface area contributed by atoms with Crippen molar-refractivity contribution in [2.75, 3.05) is 17.7 Å². The third-order valence-corrected chi connectivity index (χ3v) is 3.48. The van der Waals surface area contributed by atoms with Gasteiger partial charge in [-0.1, -0.05) is 17.7 Å². The highest BCUT2D eigenvalue weighted by atomic mass is 35.5. The SMILES string of the molecule is COc1ccc(C)cc1N[C@H](C)C(=O)Nc1ccc(Cl)cc1. The van der Waals surface area contributed by atoms with E-state index in [0.717, 1.165) is 11.3 Å². The predicted octanol–water partition coefficient (Wildman–Crippen LogP) is 4.10. The monoisotopic (exact) mass is 318 g/mol. The number of amides is 1. The Morgan fingerprint density at radius 1 is 1.18 bits per heavy atom. The fourth-order valence-corrected chi connectivity index (χ4v) is 2.14. The first kappa shape index (κ1) is 16.2. The molecule has 4 nitrogen and oxygen atoms in total. The van der Waals surface area contributed by atoms with Gasteiger partial charge in [-0.2, -0.15) is 0 Å². The molecule has 2 N–H and O–H groups in total. The molecular formula is C17H19ClN2O2. The summed E-state index contributed by atoms with van der Waals surface area (Å²) in [5.74, 6) is 0.572. The summed E-state index contributed by atoms with van der Waals surface area (Å²) in [5.41, 5.74) is 2.59. The number of aryl methyl sites for hydroxylation is 1. The molecule has 5 heteroatoms. The quantitative estimate of drug-likeness (QED) is 0.872. The average Bonchev–Trinajstić information content (AvgIpc) is 2.49. The number of benzene rings is 2. The van der Waals surface area contributed by atoms with Crippen molar-refractivity contribution < 1.29 is 9.53 Å². The Morgan fingerprint density at radius 2 is 1.86 bits per heavy atom. The molecule has 0 unspecified atom stereocenters. The maximum absolute atomic E-state index is 12.2. The van der Waals surface area contributed by atoms with Crippen LogP contribution < -0.4 is 15.4 Å². The van der Waals surface area contributed by atoms with Crippen LogP contribution in [0.3, 0.4) is 0 Å². The molecule has 0 bridgehead atoms. The number of nitrogens with one attached hydrogen (secondary N) is 2. The highest BCUT2D eigenvalue weighted by Gasteiger charge is 2.15. The summed E-state index contributed by atoms with van der Waals surface area (Å²) in [7, 11) is 1.61. The number of carbonyl (C=O) groups is 1. The third kappa shape index (κ3) is 4.15. The van der Waals surface area contributed by atoms with Gasteiger partial charge in [-0.05, 0) is 55.8 Å². The Labute approximate surface area is 135 Å². The molecular weight excluding hydrogens is 300 g/mol. The number of halogens is 1. The summed E-state index contributed by atoms with van der Waals surface area (Å²) in [6.45, 7) is 3.79. The number of methoxy groups -OCH3 is 1. The Hall–Kier alpha value is -2.20. The number of carbonyl (C=O) groups excluding carboxylic acids is 1. The fourth-order valence-electron chi connectivity index (χ4n) is 2.02. The number of ether oxygens (including phenoxy) is 1. The van der Waals surface area contributed by atoms with Crippen LogP contribution in [0.5, 0.6) is 5.75 Å². The normalized spacial score (nSPS) is 11.6. The molecule has 0 aromatic heterocycles. The largest absolute Gasteiger partial charge is 0.495 e. The van der Waals surface area contributed by atoms with Crippen LogP contribution in [-0.2, 0) is 4.79 Å². The van der Waals surface area contributed by atoms with Crippen molar-refractivity contribution in [2.45, 2.75) is 19.9 Å². The Morgan fingerprint density at radius 3 is 2.50 bits per heavy atom. The van der Waals surface area contributed by atoms with Gasteiger partial charge in [0.25, 0.3) is 0 Å². The minimum atomic E-state index is -0.411. The van der Waals surface area contributed by atoms with Crippen LogP contribution in [0.4, 0.5) is 11.4 Å². The molecule has 2 rings (SSSR count). The molecule has 0 saturated heterocycles. The van der Waals surface area contributed by atoms with Crippen molar-refractivity contribution in [1.29, 1.82) is 0 Å². The van der Waals surface area contributed by atoms with E-state index in [4.69, 9.17) is 16.3 Å². The van der Waals surface area contributed by atoms with Gasteiger partial charge < -0.3 is 15.4 Å². The number of rotatable bonds is 5. The molecule has 0 aliphatic heterocycles. The molecule has 2 aromatic carbocycles. The molecule has 0 radical (unpaired) electrons. The van der Waals surface area contributed by atoms with Crippen LogP contribution in [0.25, 0.3) is 0 Å². The Kier molecular flexibility index (Phi) is 5.28. The minimum Gasteiger partial charge on any atom is -0.495 e. The smallest absolute Gasteiger partial charge is 0.246 e. The third-order valence-electron chi connectivity index (χ3n) is 3.23. The van der Waals surface area contributed by atoms with Gasteiger partial charge in [0.1, 0.15) is 11.8 Å². The molecule has 0 heterocycles. The van der Waals surface area contributed by atoms with Crippen LogP contribution in [0, 0.1) is 6.92 Å². The second-order valence-electron chi connectivity index (χ2n) is 5.07. The lowest BCUT2D eigenvalue weighted by molar-refractivity contribution is -0.116. The summed E-state index contributed by atoms with van der Waals surface area (Å²) >= 11 is 5.83. The Balaban J connectivity index is 2.05. The van der Waals surface area contributed by atoms with E-state index < -0.39 is 6.04 Å². The lowest BCUT2D eigenvalue weighted by atomic mass is 10.2. The van der Waals surface area contributed by atoms with Crippen molar-refractivity contribution in [3.8, 4) is 5.75 Å². The van der Waals surface area contributed by atoms with Gasteiger partial charge in [0.05, 0.1) is 12.8 Å². The van der Waals surface area contributed by atoms with Crippen LogP contribution in [0.2, 0.25) is 5.02 Å². The van der Waals surface area contributed by atoms with Crippen LogP contribution >= 0.6 is 11.6 Å². The van der Waals surface area contributed by atoms with E-state index in [2.05, 4.69) is 10.6 Å². The zero-order chi connectivity index (χ0) is 16.1. The van der Waals surface area contributed by atoms with Gasteiger partial charge in [0.15, 0.2) is 0 Å². The van der Waals surface area contributed by atoms with E-state index in [-0.39, 0.29) is 5.91 Å². The van der Waals surface area contributed by atoms with E-state index in [1.807, 2.05) is 25.1 Å². The number of anilines is 2. The molecule has 0 spiro atoms. The second kappa shape index (κ2) is 7.18. The molecule has 22 heavy (non-hydrogen) atoms. The molecule has 1 amide bonds. The minimum absolute atomic E-state index is 0.133. The molecule has 116 valence electrons.